The molecule has 0 unspecified atom stereocenters. The van der Waals surface area contributed by atoms with E-state index in [4.69, 9.17) is 0 Å². The molecule has 2 amide bonds. The molecule has 0 aliphatic heterocycles. The van der Waals surface area contributed by atoms with E-state index in [-0.39, 0.29) is 17.1 Å². The number of aromatic nitrogens is 2. The van der Waals surface area contributed by atoms with E-state index in [0.29, 0.717) is 15.2 Å². The first-order valence-electron chi connectivity index (χ1n) is 7.83. The molecule has 1 heterocycles. The zero-order valence-electron chi connectivity index (χ0n) is 14.1. The van der Waals surface area contributed by atoms with Gasteiger partial charge in [-0.05, 0) is 42.5 Å². The summed E-state index contributed by atoms with van der Waals surface area (Å²) in [5.74, 6) is -1.84. The first-order valence-corrected chi connectivity index (χ1v) is 9.63. The molecule has 3 aromatic rings. The number of thioether (sulfide) groups is 1. The van der Waals surface area contributed by atoms with E-state index < -0.39 is 17.6 Å². The van der Waals surface area contributed by atoms with E-state index in [1.54, 1.807) is 12.1 Å². The number of hydrogen-bond acceptors (Lipinski definition) is 7. The molecule has 1 aromatic heterocycles. The Bertz CT molecular complexity index is 982. The zero-order valence-corrected chi connectivity index (χ0v) is 15.7. The molecule has 144 valence electrons. The Morgan fingerprint density at radius 1 is 1.00 bits per heavy atom. The van der Waals surface area contributed by atoms with Gasteiger partial charge in [-0.1, -0.05) is 29.2 Å². The molecule has 0 saturated carbocycles. The minimum atomic E-state index is -0.559. The van der Waals surface area contributed by atoms with Crippen LogP contribution < -0.4 is 16.2 Å². The smallest absolute Gasteiger partial charge is 0.269 e. The lowest BCUT2D eigenvalue weighted by atomic mass is 10.2. The Labute approximate surface area is 166 Å². The Hall–Kier alpha value is -3.05. The molecule has 0 spiro atoms. The number of amides is 2. The Balaban J connectivity index is 1.44. The number of rotatable bonds is 6. The van der Waals surface area contributed by atoms with Gasteiger partial charge < -0.3 is 5.32 Å². The first-order chi connectivity index (χ1) is 13.5. The van der Waals surface area contributed by atoms with Crippen molar-refractivity contribution in [2.24, 2.45) is 0 Å². The van der Waals surface area contributed by atoms with Crippen molar-refractivity contribution in [2.45, 2.75) is 4.34 Å². The average molecular weight is 421 g/mol. The van der Waals surface area contributed by atoms with E-state index in [0.717, 1.165) is 23.9 Å². The van der Waals surface area contributed by atoms with E-state index in [2.05, 4.69) is 26.4 Å². The standard InChI is InChI=1S/C17H13F2N5O2S2/c18-11-6-4-10(5-7-11)15(26)22-21-14(25)9-27-17-24-23-16(28-17)20-13-3-1-2-12(19)8-13/h1-8H,9H2,(H,20,23)(H,21,25)(H,22,26). The van der Waals surface area contributed by atoms with Crippen LogP contribution in [0.2, 0.25) is 0 Å². The molecule has 0 bridgehead atoms. The fraction of sp³-hybridized carbons (Fsp3) is 0.0588. The van der Waals surface area contributed by atoms with Gasteiger partial charge in [0.2, 0.25) is 11.0 Å². The molecule has 0 saturated heterocycles. The van der Waals surface area contributed by atoms with Gasteiger partial charge in [0.25, 0.3) is 5.91 Å². The van der Waals surface area contributed by atoms with Crippen molar-refractivity contribution >= 4 is 45.7 Å². The van der Waals surface area contributed by atoms with E-state index >= 15 is 0 Å². The monoisotopic (exact) mass is 421 g/mol. The van der Waals surface area contributed by atoms with Gasteiger partial charge in [-0.25, -0.2) is 8.78 Å². The van der Waals surface area contributed by atoms with Gasteiger partial charge in [-0.15, -0.1) is 10.2 Å². The van der Waals surface area contributed by atoms with Crippen molar-refractivity contribution in [3.63, 3.8) is 0 Å². The fourth-order valence-corrected chi connectivity index (χ4v) is 3.54. The molecule has 2 aromatic carbocycles. The van der Waals surface area contributed by atoms with Gasteiger partial charge in [-0.3, -0.25) is 20.4 Å². The van der Waals surface area contributed by atoms with Crippen molar-refractivity contribution in [3.05, 3.63) is 65.7 Å². The third-order valence-electron chi connectivity index (χ3n) is 3.23. The molecule has 3 N–H and O–H groups in total. The number of hydrogen-bond donors (Lipinski definition) is 3. The number of benzene rings is 2. The second-order valence-electron chi connectivity index (χ2n) is 5.31. The molecule has 7 nitrogen and oxygen atoms in total. The molecule has 0 aliphatic carbocycles. The predicted octanol–water partition coefficient (Wildman–Crippen LogP) is 3.11. The molecule has 0 aliphatic rings. The van der Waals surface area contributed by atoms with Crippen molar-refractivity contribution in [3.8, 4) is 0 Å². The van der Waals surface area contributed by atoms with Crippen LogP contribution in [-0.4, -0.2) is 27.8 Å². The normalized spacial score (nSPS) is 10.4. The lowest BCUT2D eigenvalue weighted by molar-refractivity contribution is -0.119. The molecule has 11 heteroatoms. The molecular formula is C17H13F2N5O2S2. The van der Waals surface area contributed by atoms with Gasteiger partial charge in [0.15, 0.2) is 4.34 Å². The number of anilines is 2. The predicted molar refractivity (Wildman–Crippen MR) is 102 cm³/mol. The van der Waals surface area contributed by atoms with Crippen LogP contribution in [0, 0.1) is 11.6 Å². The highest BCUT2D eigenvalue weighted by atomic mass is 32.2. The third-order valence-corrected chi connectivity index (χ3v) is 5.20. The second kappa shape index (κ2) is 9.24. The van der Waals surface area contributed by atoms with Crippen LogP contribution >= 0.6 is 23.1 Å². The lowest BCUT2D eigenvalue weighted by Crippen LogP contribution is -2.42. The highest BCUT2D eigenvalue weighted by Gasteiger charge is 2.10. The summed E-state index contributed by atoms with van der Waals surface area (Å²) in [4.78, 5) is 23.7. The van der Waals surface area contributed by atoms with Crippen LogP contribution in [0.4, 0.5) is 19.6 Å². The van der Waals surface area contributed by atoms with Crippen molar-refractivity contribution < 1.29 is 18.4 Å². The Kier molecular flexibility index (Phi) is 6.50. The van der Waals surface area contributed by atoms with Gasteiger partial charge >= 0.3 is 0 Å². The number of halogens is 2. The van der Waals surface area contributed by atoms with Crippen LogP contribution in [0.3, 0.4) is 0 Å². The number of carbonyl (C=O) groups is 2. The first kappa shape index (κ1) is 19.7. The van der Waals surface area contributed by atoms with Gasteiger partial charge in [0, 0.05) is 11.3 Å². The van der Waals surface area contributed by atoms with E-state index in [9.17, 15) is 18.4 Å². The minimum Gasteiger partial charge on any atom is -0.330 e. The van der Waals surface area contributed by atoms with Crippen molar-refractivity contribution in [2.75, 3.05) is 11.1 Å². The maximum Gasteiger partial charge on any atom is 0.269 e. The van der Waals surface area contributed by atoms with Crippen molar-refractivity contribution in [1.82, 2.24) is 21.0 Å². The zero-order chi connectivity index (χ0) is 19.9. The largest absolute Gasteiger partial charge is 0.330 e. The van der Waals surface area contributed by atoms with Gasteiger partial charge in [0.1, 0.15) is 11.6 Å². The maximum absolute atomic E-state index is 13.2. The average Bonchev–Trinajstić information content (AvgIpc) is 3.12. The molecule has 0 atom stereocenters. The number of hydrazine groups is 1. The van der Waals surface area contributed by atoms with Crippen molar-refractivity contribution in [1.29, 1.82) is 0 Å². The molecule has 28 heavy (non-hydrogen) atoms. The SMILES string of the molecule is O=C(CSc1nnc(Nc2cccc(F)c2)s1)NNC(=O)c1ccc(F)cc1. The van der Waals surface area contributed by atoms with Crippen LogP contribution in [0.15, 0.2) is 52.9 Å². The van der Waals surface area contributed by atoms with Crippen LogP contribution in [0.25, 0.3) is 0 Å². The van der Waals surface area contributed by atoms with E-state index in [1.165, 1.54) is 35.6 Å². The summed E-state index contributed by atoms with van der Waals surface area (Å²) in [7, 11) is 0. The molecule has 3 rings (SSSR count). The van der Waals surface area contributed by atoms with E-state index in [1.807, 2.05) is 0 Å². The summed E-state index contributed by atoms with van der Waals surface area (Å²) in [6.45, 7) is 0. The third kappa shape index (κ3) is 5.72. The number of carbonyl (C=O) groups excluding carboxylic acids is 2. The fourth-order valence-electron chi connectivity index (χ4n) is 1.97. The summed E-state index contributed by atoms with van der Waals surface area (Å²) in [6.07, 6.45) is 0. The Morgan fingerprint density at radius 3 is 2.54 bits per heavy atom. The summed E-state index contributed by atoms with van der Waals surface area (Å²) < 4.78 is 26.5. The minimum absolute atomic E-state index is 0.00169. The lowest BCUT2D eigenvalue weighted by Gasteiger charge is -2.06. The molecule has 0 fully saturated rings. The quantitative estimate of drug-likeness (QED) is 0.418. The maximum atomic E-state index is 13.2. The molecule has 0 radical (unpaired) electrons. The highest BCUT2D eigenvalue weighted by molar-refractivity contribution is 8.01. The van der Waals surface area contributed by atoms with Crippen LogP contribution in [0.5, 0.6) is 0 Å². The number of nitrogens with one attached hydrogen (secondary N) is 3. The van der Waals surface area contributed by atoms with Gasteiger partial charge in [0.05, 0.1) is 5.75 Å². The summed E-state index contributed by atoms with van der Waals surface area (Å²) in [5.41, 5.74) is 5.26. The molecular weight excluding hydrogens is 408 g/mol. The topological polar surface area (TPSA) is 96.0 Å². The second-order valence-corrected chi connectivity index (χ2v) is 7.51. The summed E-state index contributed by atoms with van der Waals surface area (Å²) >= 11 is 2.33. The number of nitrogens with zero attached hydrogens (tertiary/aromatic N) is 2. The van der Waals surface area contributed by atoms with Crippen LogP contribution in [-0.2, 0) is 4.79 Å². The van der Waals surface area contributed by atoms with Crippen LogP contribution in [0.1, 0.15) is 10.4 Å². The summed E-state index contributed by atoms with van der Waals surface area (Å²) in [6, 6.07) is 10.8. The Morgan fingerprint density at radius 2 is 1.79 bits per heavy atom. The summed E-state index contributed by atoms with van der Waals surface area (Å²) in [5, 5.41) is 11.2. The highest BCUT2D eigenvalue weighted by Crippen LogP contribution is 2.27. The van der Waals surface area contributed by atoms with Gasteiger partial charge in [-0.2, -0.15) is 0 Å².